The number of rotatable bonds is 3. The zero-order valence-electron chi connectivity index (χ0n) is 21.6. The number of aromatic nitrogens is 3. The number of fused-ring (bicyclic) bond motifs is 1. The average Bonchev–Trinajstić information content (AvgIpc) is 3.58. The summed E-state index contributed by atoms with van der Waals surface area (Å²) in [6, 6.07) is 8.18. The van der Waals surface area contributed by atoms with Crippen LogP contribution < -0.4 is 5.32 Å². The minimum atomic E-state index is -0.545. The molecule has 3 aromatic heterocycles. The van der Waals surface area contributed by atoms with Crippen molar-refractivity contribution in [2.24, 2.45) is 5.92 Å². The molecule has 3 aliphatic rings. The number of hydrogen-bond acceptors (Lipinski definition) is 5. The van der Waals surface area contributed by atoms with Crippen LogP contribution >= 0.6 is 0 Å². The van der Waals surface area contributed by atoms with Crippen LogP contribution in [0.1, 0.15) is 29.7 Å². The molecule has 4 amide bonds. The highest BCUT2D eigenvalue weighted by molar-refractivity contribution is 6.49. The molecule has 11 heteroatoms. The smallest absolute Gasteiger partial charge is 0.320 e. The summed E-state index contributed by atoms with van der Waals surface area (Å²) < 4.78 is 18.8. The SMILES string of the molecule is O=C1NC(=O)C(c2cnc3ccccn23)=C1c1cn2c3c(cc(F)cc13)CN(C(=O)N1CCC(CO)CC1)CC2. The Morgan fingerprint density at radius 1 is 1.05 bits per heavy atom. The van der Waals surface area contributed by atoms with Gasteiger partial charge in [-0.05, 0) is 48.6 Å². The van der Waals surface area contributed by atoms with Gasteiger partial charge in [-0.15, -0.1) is 0 Å². The molecule has 1 saturated heterocycles. The maximum absolute atomic E-state index is 15.1. The maximum atomic E-state index is 15.1. The minimum Gasteiger partial charge on any atom is -0.396 e. The van der Waals surface area contributed by atoms with E-state index in [-0.39, 0.29) is 36.2 Å². The molecule has 2 N–H and O–H groups in total. The molecule has 0 spiro atoms. The van der Waals surface area contributed by atoms with Gasteiger partial charge in [-0.2, -0.15) is 0 Å². The molecule has 1 aromatic carbocycles. The van der Waals surface area contributed by atoms with E-state index in [4.69, 9.17) is 0 Å². The Morgan fingerprint density at radius 3 is 2.65 bits per heavy atom. The zero-order chi connectivity index (χ0) is 27.5. The van der Waals surface area contributed by atoms with Gasteiger partial charge in [-0.25, -0.2) is 14.2 Å². The number of pyridine rings is 1. The minimum absolute atomic E-state index is 0.0989. The lowest BCUT2D eigenvalue weighted by Gasteiger charge is -2.35. The lowest BCUT2D eigenvalue weighted by Crippen LogP contribution is -2.47. The predicted molar refractivity (Wildman–Crippen MR) is 144 cm³/mol. The van der Waals surface area contributed by atoms with Crippen LogP contribution in [0.2, 0.25) is 0 Å². The number of aliphatic hydroxyl groups excluding tert-OH is 1. The Morgan fingerprint density at radius 2 is 1.85 bits per heavy atom. The summed E-state index contributed by atoms with van der Waals surface area (Å²) in [4.78, 5) is 47.5. The summed E-state index contributed by atoms with van der Waals surface area (Å²) in [6.45, 7) is 2.37. The lowest BCUT2D eigenvalue weighted by molar-refractivity contribution is -0.122. The molecule has 0 saturated carbocycles. The largest absolute Gasteiger partial charge is 0.396 e. The molecule has 0 bridgehead atoms. The van der Waals surface area contributed by atoms with Crippen LogP contribution in [0, 0.1) is 11.7 Å². The molecule has 4 aromatic rings. The number of nitrogens with zero attached hydrogens (tertiary/aromatic N) is 5. The van der Waals surface area contributed by atoms with Crippen molar-refractivity contribution in [3.8, 4) is 0 Å². The molecule has 204 valence electrons. The van der Waals surface area contributed by atoms with Gasteiger partial charge in [0.2, 0.25) is 0 Å². The van der Waals surface area contributed by atoms with Crippen LogP contribution in [-0.4, -0.2) is 72.9 Å². The highest BCUT2D eigenvalue weighted by Gasteiger charge is 2.36. The summed E-state index contributed by atoms with van der Waals surface area (Å²) in [5.74, 6) is -1.34. The molecule has 0 atom stereocenters. The molecule has 10 nitrogen and oxygen atoms in total. The van der Waals surface area contributed by atoms with Gasteiger partial charge in [0, 0.05) is 62.7 Å². The maximum Gasteiger partial charge on any atom is 0.320 e. The first-order chi connectivity index (χ1) is 19.4. The standard InChI is InChI=1S/C29H27FN6O4/c30-19-11-18-14-35(29(40)33-7-4-17(16-37)5-8-33)10-9-34-15-21(20(12-19)26(18)34)24-25(28(39)32-27(24)38)22-13-31-23-3-1-2-6-36(22)23/h1-3,6,11-13,15,17,37H,4-5,7-10,14,16H2,(H,32,38,39). The zero-order valence-corrected chi connectivity index (χ0v) is 21.6. The summed E-state index contributed by atoms with van der Waals surface area (Å²) in [5, 5.41) is 12.4. The van der Waals surface area contributed by atoms with E-state index in [1.165, 1.54) is 12.1 Å². The first-order valence-corrected chi connectivity index (χ1v) is 13.4. The van der Waals surface area contributed by atoms with E-state index in [1.807, 2.05) is 16.7 Å². The van der Waals surface area contributed by atoms with Crippen molar-refractivity contribution in [3.05, 3.63) is 71.6 Å². The van der Waals surface area contributed by atoms with E-state index in [1.54, 1.807) is 38.9 Å². The number of halogens is 1. The number of hydrogen-bond donors (Lipinski definition) is 2. The van der Waals surface area contributed by atoms with E-state index in [9.17, 15) is 19.5 Å². The predicted octanol–water partition coefficient (Wildman–Crippen LogP) is 2.64. The number of nitrogens with one attached hydrogen (secondary N) is 1. The molecule has 3 aliphatic heterocycles. The van der Waals surface area contributed by atoms with Crippen LogP contribution in [0.3, 0.4) is 0 Å². The van der Waals surface area contributed by atoms with E-state index < -0.39 is 17.6 Å². The van der Waals surface area contributed by atoms with Crippen molar-refractivity contribution in [2.75, 3.05) is 26.2 Å². The molecule has 0 unspecified atom stereocenters. The normalized spacial score (nSPS) is 18.2. The number of likely N-dealkylation sites (tertiary alicyclic amines) is 1. The number of imide groups is 1. The number of aliphatic hydroxyl groups is 1. The second-order valence-electron chi connectivity index (χ2n) is 10.6. The third kappa shape index (κ3) is 3.80. The number of amides is 4. The van der Waals surface area contributed by atoms with Crippen LogP contribution in [0.25, 0.3) is 27.7 Å². The fourth-order valence-corrected chi connectivity index (χ4v) is 6.24. The second-order valence-corrected chi connectivity index (χ2v) is 10.6. The number of imidazole rings is 1. The van der Waals surface area contributed by atoms with Crippen molar-refractivity contribution in [1.82, 2.24) is 29.1 Å². The lowest BCUT2D eigenvalue weighted by atomic mass is 9.97. The van der Waals surface area contributed by atoms with E-state index in [2.05, 4.69) is 10.3 Å². The van der Waals surface area contributed by atoms with Crippen molar-refractivity contribution in [1.29, 1.82) is 0 Å². The van der Waals surface area contributed by atoms with Gasteiger partial charge in [-0.3, -0.25) is 19.3 Å². The van der Waals surface area contributed by atoms with Gasteiger partial charge < -0.3 is 19.5 Å². The first kappa shape index (κ1) is 24.5. The van der Waals surface area contributed by atoms with E-state index in [0.717, 1.165) is 18.4 Å². The van der Waals surface area contributed by atoms with Gasteiger partial charge in [-0.1, -0.05) is 6.07 Å². The van der Waals surface area contributed by atoms with Gasteiger partial charge in [0.15, 0.2) is 0 Å². The van der Waals surface area contributed by atoms with Gasteiger partial charge in [0.25, 0.3) is 11.8 Å². The van der Waals surface area contributed by atoms with Crippen molar-refractivity contribution in [2.45, 2.75) is 25.9 Å². The molecule has 1 fully saturated rings. The number of urea groups is 1. The Labute approximate surface area is 228 Å². The van der Waals surface area contributed by atoms with Crippen molar-refractivity contribution < 1.29 is 23.9 Å². The van der Waals surface area contributed by atoms with E-state index >= 15 is 4.39 Å². The molecule has 6 heterocycles. The second kappa shape index (κ2) is 9.30. The van der Waals surface area contributed by atoms with Crippen LogP contribution in [0.15, 0.2) is 48.9 Å². The van der Waals surface area contributed by atoms with Crippen LogP contribution in [0.4, 0.5) is 9.18 Å². The summed E-state index contributed by atoms with van der Waals surface area (Å²) >= 11 is 0. The Bertz CT molecular complexity index is 1750. The molecular weight excluding hydrogens is 515 g/mol. The highest BCUT2D eigenvalue weighted by Crippen LogP contribution is 2.38. The summed E-state index contributed by atoms with van der Waals surface area (Å²) in [7, 11) is 0. The Balaban J connectivity index is 1.31. The van der Waals surface area contributed by atoms with Crippen LogP contribution in [-0.2, 0) is 22.7 Å². The monoisotopic (exact) mass is 542 g/mol. The van der Waals surface area contributed by atoms with Gasteiger partial charge >= 0.3 is 6.03 Å². The molecule has 40 heavy (non-hydrogen) atoms. The summed E-state index contributed by atoms with van der Waals surface area (Å²) in [6.07, 6.45) is 6.63. The third-order valence-corrected chi connectivity index (χ3v) is 8.28. The quantitative estimate of drug-likeness (QED) is 0.387. The third-order valence-electron chi connectivity index (χ3n) is 8.28. The molecular formula is C29H27FN6O4. The Hall–Kier alpha value is -4.51. The topological polar surface area (TPSA) is 112 Å². The first-order valence-electron chi connectivity index (χ1n) is 13.4. The highest BCUT2D eigenvalue weighted by atomic mass is 19.1. The van der Waals surface area contributed by atoms with Crippen LogP contribution in [0.5, 0.6) is 0 Å². The summed E-state index contributed by atoms with van der Waals surface area (Å²) in [5.41, 5.74) is 3.31. The number of carbonyl (C=O) groups is 3. The molecule has 7 rings (SSSR count). The van der Waals surface area contributed by atoms with Gasteiger partial charge in [0.1, 0.15) is 11.5 Å². The molecule has 0 radical (unpaired) electrons. The Kier molecular flexibility index (Phi) is 5.70. The number of carbonyl (C=O) groups excluding carboxylic acids is 3. The number of piperidine rings is 1. The number of benzene rings is 1. The average molecular weight is 543 g/mol. The van der Waals surface area contributed by atoms with Crippen molar-refractivity contribution >= 4 is 45.5 Å². The fourth-order valence-electron chi connectivity index (χ4n) is 6.24. The fraction of sp³-hybridized carbons (Fsp3) is 0.310. The molecule has 0 aliphatic carbocycles. The van der Waals surface area contributed by atoms with Gasteiger partial charge in [0.05, 0.1) is 28.6 Å². The van der Waals surface area contributed by atoms with E-state index in [0.29, 0.717) is 54.0 Å². The van der Waals surface area contributed by atoms with Crippen molar-refractivity contribution in [3.63, 3.8) is 0 Å².